The van der Waals surface area contributed by atoms with Gasteiger partial charge < -0.3 is 4.79 Å². The molecule has 3 atom stereocenters. The minimum absolute atomic E-state index is 0.293. The van der Waals surface area contributed by atoms with E-state index in [0.29, 0.717) is 30.0 Å². The number of carbonyl (C=O) groups is 1. The molecular weight excluding hydrogens is 196 g/mol. The van der Waals surface area contributed by atoms with Gasteiger partial charge in [0.1, 0.15) is 5.78 Å². The maximum Gasteiger partial charge on any atom is 0.130 e. The second-order valence-corrected chi connectivity index (χ2v) is 4.92. The van der Waals surface area contributed by atoms with Crippen molar-refractivity contribution in [1.82, 2.24) is 0 Å². The van der Waals surface area contributed by atoms with E-state index in [9.17, 15) is 4.79 Å². The SMILES string of the molecule is [CH2][C@H]1CC[C@H](c2ccccc2)[C@H]1CC(C)=O. The first kappa shape index (κ1) is 11.4. The summed E-state index contributed by atoms with van der Waals surface area (Å²) < 4.78 is 0. The highest BCUT2D eigenvalue weighted by Gasteiger charge is 2.34. The van der Waals surface area contributed by atoms with E-state index in [1.165, 1.54) is 12.0 Å². The smallest absolute Gasteiger partial charge is 0.130 e. The summed E-state index contributed by atoms with van der Waals surface area (Å²) in [5, 5.41) is 0. The van der Waals surface area contributed by atoms with E-state index in [2.05, 4.69) is 31.2 Å². The molecule has 1 heteroatoms. The first-order chi connectivity index (χ1) is 7.68. The molecule has 0 unspecified atom stereocenters. The Balaban J connectivity index is 2.17. The highest BCUT2D eigenvalue weighted by molar-refractivity contribution is 5.76. The van der Waals surface area contributed by atoms with E-state index in [0.717, 1.165) is 6.42 Å². The lowest BCUT2D eigenvalue weighted by atomic mass is 9.82. The Bertz CT molecular complexity index is 355. The van der Waals surface area contributed by atoms with Crippen molar-refractivity contribution in [2.75, 3.05) is 0 Å². The number of carbonyl (C=O) groups excluding carboxylic acids is 1. The maximum atomic E-state index is 11.3. The number of rotatable bonds is 3. The van der Waals surface area contributed by atoms with E-state index in [4.69, 9.17) is 0 Å². The van der Waals surface area contributed by atoms with Gasteiger partial charge in [0.25, 0.3) is 0 Å². The molecule has 1 radical (unpaired) electrons. The molecule has 2 rings (SSSR count). The highest BCUT2D eigenvalue weighted by Crippen LogP contribution is 2.44. The average Bonchev–Trinajstić information content (AvgIpc) is 2.61. The molecule has 0 saturated heterocycles. The van der Waals surface area contributed by atoms with E-state index >= 15 is 0 Å². The zero-order valence-corrected chi connectivity index (χ0v) is 9.86. The van der Waals surface area contributed by atoms with Gasteiger partial charge in [-0.3, -0.25) is 0 Å². The van der Waals surface area contributed by atoms with Crippen molar-refractivity contribution >= 4 is 5.78 Å². The van der Waals surface area contributed by atoms with Gasteiger partial charge in [0.05, 0.1) is 0 Å². The molecule has 1 aliphatic rings. The normalized spacial score (nSPS) is 29.2. The van der Waals surface area contributed by atoms with Crippen LogP contribution in [-0.4, -0.2) is 5.78 Å². The molecule has 16 heavy (non-hydrogen) atoms. The lowest BCUT2D eigenvalue weighted by Crippen LogP contribution is -2.15. The summed E-state index contributed by atoms with van der Waals surface area (Å²) in [6.07, 6.45) is 3.02. The standard InChI is InChI=1S/C15H19O/c1-11-8-9-14(15(11)10-12(2)16)13-6-4-3-5-7-13/h3-7,11,14-15H,1,8-10H2,2H3/t11-,14+,15-/m0/s1. The van der Waals surface area contributed by atoms with Gasteiger partial charge in [-0.25, -0.2) is 0 Å². The average molecular weight is 215 g/mol. The third-order valence-electron chi connectivity index (χ3n) is 3.72. The monoisotopic (exact) mass is 215 g/mol. The van der Waals surface area contributed by atoms with E-state index in [1.54, 1.807) is 6.92 Å². The summed E-state index contributed by atoms with van der Waals surface area (Å²) in [5.74, 6) is 1.71. The van der Waals surface area contributed by atoms with Gasteiger partial charge in [-0.05, 0) is 50.0 Å². The van der Waals surface area contributed by atoms with E-state index in [-0.39, 0.29) is 0 Å². The van der Waals surface area contributed by atoms with Gasteiger partial charge >= 0.3 is 0 Å². The summed E-state index contributed by atoms with van der Waals surface area (Å²) >= 11 is 0. The van der Waals surface area contributed by atoms with Gasteiger partial charge in [0.2, 0.25) is 0 Å². The van der Waals surface area contributed by atoms with Crippen LogP contribution in [0.25, 0.3) is 0 Å². The lowest BCUT2D eigenvalue weighted by molar-refractivity contribution is -0.118. The van der Waals surface area contributed by atoms with Crippen LogP contribution in [0.15, 0.2) is 30.3 Å². The van der Waals surface area contributed by atoms with Crippen LogP contribution in [-0.2, 0) is 4.79 Å². The number of ketones is 1. The third kappa shape index (κ3) is 2.34. The number of hydrogen-bond acceptors (Lipinski definition) is 1. The molecule has 1 aliphatic carbocycles. The lowest BCUT2D eigenvalue weighted by Gasteiger charge is -2.22. The zero-order chi connectivity index (χ0) is 11.5. The minimum atomic E-state index is 0.293. The Kier molecular flexibility index (Phi) is 3.42. The second kappa shape index (κ2) is 4.82. The molecule has 1 fully saturated rings. The summed E-state index contributed by atoms with van der Waals surface area (Å²) in [4.78, 5) is 11.3. The van der Waals surface area contributed by atoms with Crippen molar-refractivity contribution in [3.63, 3.8) is 0 Å². The van der Waals surface area contributed by atoms with Gasteiger partial charge in [-0.2, -0.15) is 0 Å². The highest BCUT2D eigenvalue weighted by atomic mass is 16.1. The molecule has 0 amide bonds. The van der Waals surface area contributed by atoms with Gasteiger partial charge in [-0.1, -0.05) is 30.3 Å². The fourth-order valence-electron chi connectivity index (χ4n) is 2.91. The van der Waals surface area contributed by atoms with E-state index < -0.39 is 0 Å². The summed E-state index contributed by atoms with van der Waals surface area (Å²) in [6, 6.07) is 10.6. The Labute approximate surface area is 97.9 Å². The predicted octanol–water partition coefficient (Wildman–Crippen LogP) is 3.61. The second-order valence-electron chi connectivity index (χ2n) is 4.92. The topological polar surface area (TPSA) is 17.1 Å². The zero-order valence-electron chi connectivity index (χ0n) is 9.86. The molecule has 85 valence electrons. The Morgan fingerprint density at radius 1 is 1.31 bits per heavy atom. The molecule has 0 heterocycles. The van der Waals surface area contributed by atoms with Crippen LogP contribution in [0.5, 0.6) is 0 Å². The first-order valence-electron chi connectivity index (χ1n) is 6.06. The van der Waals surface area contributed by atoms with Crippen molar-refractivity contribution in [3.8, 4) is 0 Å². The number of hydrogen-bond donors (Lipinski definition) is 0. The van der Waals surface area contributed by atoms with Crippen molar-refractivity contribution in [3.05, 3.63) is 42.8 Å². The summed E-state index contributed by atoms with van der Waals surface area (Å²) in [7, 11) is 0. The molecule has 0 spiro atoms. The minimum Gasteiger partial charge on any atom is -0.300 e. The fourth-order valence-corrected chi connectivity index (χ4v) is 2.91. The quantitative estimate of drug-likeness (QED) is 0.752. The summed E-state index contributed by atoms with van der Waals surface area (Å²) in [5.41, 5.74) is 1.37. The van der Waals surface area contributed by atoms with Crippen molar-refractivity contribution in [2.45, 2.75) is 32.1 Å². The van der Waals surface area contributed by atoms with Crippen LogP contribution < -0.4 is 0 Å². The van der Waals surface area contributed by atoms with Crippen molar-refractivity contribution in [2.24, 2.45) is 11.8 Å². The van der Waals surface area contributed by atoms with Crippen LogP contribution >= 0.6 is 0 Å². The van der Waals surface area contributed by atoms with Crippen molar-refractivity contribution < 1.29 is 4.79 Å². The van der Waals surface area contributed by atoms with Crippen LogP contribution in [0.2, 0.25) is 0 Å². The third-order valence-corrected chi connectivity index (χ3v) is 3.72. The number of benzene rings is 1. The largest absolute Gasteiger partial charge is 0.300 e. The Hall–Kier alpha value is -1.11. The molecule has 1 saturated carbocycles. The first-order valence-corrected chi connectivity index (χ1v) is 6.06. The Morgan fingerprint density at radius 2 is 2.00 bits per heavy atom. The molecule has 1 aromatic carbocycles. The molecule has 0 bridgehead atoms. The number of Topliss-reactive ketones (excluding diaryl/α,β-unsaturated/α-hetero) is 1. The molecular formula is C15H19O. The predicted molar refractivity (Wildman–Crippen MR) is 66.1 cm³/mol. The van der Waals surface area contributed by atoms with Crippen molar-refractivity contribution in [1.29, 1.82) is 0 Å². The van der Waals surface area contributed by atoms with Gasteiger partial charge in [0, 0.05) is 6.42 Å². The summed E-state index contributed by atoms with van der Waals surface area (Å²) in [6.45, 7) is 5.88. The Morgan fingerprint density at radius 3 is 2.62 bits per heavy atom. The fraction of sp³-hybridized carbons (Fsp3) is 0.467. The molecule has 0 N–H and O–H groups in total. The van der Waals surface area contributed by atoms with Crippen LogP contribution in [0.1, 0.15) is 37.7 Å². The van der Waals surface area contributed by atoms with Crippen LogP contribution in [0, 0.1) is 18.8 Å². The maximum absolute atomic E-state index is 11.3. The van der Waals surface area contributed by atoms with E-state index in [1.807, 2.05) is 6.07 Å². The van der Waals surface area contributed by atoms with Crippen LogP contribution in [0.4, 0.5) is 0 Å². The molecule has 1 nitrogen and oxygen atoms in total. The molecule has 0 aromatic heterocycles. The van der Waals surface area contributed by atoms with Gasteiger partial charge in [-0.15, -0.1) is 0 Å². The molecule has 0 aliphatic heterocycles. The molecule has 1 aromatic rings. The van der Waals surface area contributed by atoms with Crippen LogP contribution in [0.3, 0.4) is 0 Å². The van der Waals surface area contributed by atoms with Gasteiger partial charge in [0.15, 0.2) is 0 Å².